The summed E-state index contributed by atoms with van der Waals surface area (Å²) in [6.45, 7) is 0. The topological polar surface area (TPSA) is 79.3 Å². The van der Waals surface area contributed by atoms with Gasteiger partial charge in [-0.05, 0) is 46.3 Å². The molecule has 0 spiro atoms. The molecule has 27 heavy (non-hydrogen) atoms. The lowest BCUT2D eigenvalue weighted by atomic mass is 10.2. The van der Waals surface area contributed by atoms with E-state index in [-0.39, 0.29) is 11.3 Å². The predicted octanol–water partition coefficient (Wildman–Crippen LogP) is 5.08. The van der Waals surface area contributed by atoms with Crippen molar-refractivity contribution in [3.8, 4) is 10.4 Å². The van der Waals surface area contributed by atoms with Crippen LogP contribution in [0.25, 0.3) is 16.5 Å². The Morgan fingerprint density at radius 3 is 2.67 bits per heavy atom. The maximum absolute atomic E-state index is 12.3. The molecular formula is C19H12BrClN2O3S. The molecule has 0 unspecified atom stereocenters. The number of pyridine rings is 1. The molecule has 3 aromatic rings. The maximum Gasteiger partial charge on any atom is 0.352 e. The number of hydrogen-bond donors (Lipinski definition) is 2. The van der Waals surface area contributed by atoms with E-state index in [1.165, 1.54) is 29.8 Å². The number of benzene rings is 1. The number of rotatable bonds is 5. The fourth-order valence-electron chi connectivity index (χ4n) is 2.26. The largest absolute Gasteiger partial charge is 0.477 e. The van der Waals surface area contributed by atoms with Crippen molar-refractivity contribution in [2.45, 2.75) is 0 Å². The third kappa shape index (κ3) is 4.82. The minimum atomic E-state index is -1.24. The average molecular weight is 464 g/mol. The number of amides is 1. The second-order valence-electron chi connectivity index (χ2n) is 5.39. The Hall–Kier alpha value is -2.48. The molecule has 0 saturated carbocycles. The van der Waals surface area contributed by atoms with Gasteiger partial charge in [-0.2, -0.15) is 0 Å². The van der Waals surface area contributed by atoms with Gasteiger partial charge in [-0.15, -0.1) is 11.3 Å². The van der Waals surface area contributed by atoms with E-state index in [4.69, 9.17) is 11.6 Å². The molecule has 1 aromatic carbocycles. The van der Waals surface area contributed by atoms with Crippen LogP contribution in [0.1, 0.15) is 15.2 Å². The third-order valence-electron chi connectivity index (χ3n) is 3.50. The summed E-state index contributed by atoms with van der Waals surface area (Å²) in [4.78, 5) is 29.3. The number of nitrogens with zero attached hydrogens (tertiary/aromatic N) is 1. The monoisotopic (exact) mass is 462 g/mol. The van der Waals surface area contributed by atoms with Crippen LogP contribution in [-0.4, -0.2) is 22.0 Å². The maximum atomic E-state index is 12.3. The SMILES string of the molecule is O=C(O)/C(=C\c1ccc(-c2ccccc2Cl)s1)NC(=O)c1cncc(Br)c1. The van der Waals surface area contributed by atoms with E-state index in [0.29, 0.717) is 14.4 Å². The quantitative estimate of drug-likeness (QED) is 0.517. The second-order valence-corrected chi connectivity index (χ2v) is 7.83. The molecule has 5 nitrogen and oxygen atoms in total. The van der Waals surface area contributed by atoms with Gasteiger partial charge in [0.05, 0.1) is 5.56 Å². The van der Waals surface area contributed by atoms with E-state index in [0.717, 1.165) is 10.4 Å². The summed E-state index contributed by atoms with van der Waals surface area (Å²) in [5, 5.41) is 12.5. The predicted molar refractivity (Wildman–Crippen MR) is 110 cm³/mol. The number of halogens is 2. The van der Waals surface area contributed by atoms with Gasteiger partial charge in [0.2, 0.25) is 0 Å². The van der Waals surface area contributed by atoms with Crippen LogP contribution in [0.3, 0.4) is 0 Å². The van der Waals surface area contributed by atoms with Gasteiger partial charge in [0.15, 0.2) is 0 Å². The van der Waals surface area contributed by atoms with Crippen LogP contribution in [0, 0.1) is 0 Å². The van der Waals surface area contributed by atoms with E-state index >= 15 is 0 Å². The van der Waals surface area contributed by atoms with E-state index in [9.17, 15) is 14.7 Å². The molecule has 0 aliphatic heterocycles. The normalized spacial score (nSPS) is 11.3. The number of carbonyl (C=O) groups excluding carboxylic acids is 1. The summed E-state index contributed by atoms with van der Waals surface area (Å²) in [6, 6.07) is 12.6. The van der Waals surface area contributed by atoms with Crippen molar-refractivity contribution >= 4 is 56.8 Å². The fourth-order valence-corrected chi connectivity index (χ4v) is 3.91. The first-order valence-electron chi connectivity index (χ1n) is 7.65. The molecule has 0 saturated heterocycles. The molecule has 0 fully saturated rings. The van der Waals surface area contributed by atoms with Crippen molar-refractivity contribution in [3.05, 3.63) is 80.5 Å². The highest BCUT2D eigenvalue weighted by Gasteiger charge is 2.15. The number of carboxylic acid groups (broad SMARTS) is 1. The van der Waals surface area contributed by atoms with Gasteiger partial charge in [0, 0.05) is 37.2 Å². The number of carbonyl (C=O) groups is 2. The Morgan fingerprint density at radius 1 is 1.19 bits per heavy atom. The summed E-state index contributed by atoms with van der Waals surface area (Å²) < 4.78 is 0.624. The lowest BCUT2D eigenvalue weighted by Gasteiger charge is -2.06. The van der Waals surface area contributed by atoms with E-state index in [1.54, 1.807) is 18.2 Å². The first-order valence-corrected chi connectivity index (χ1v) is 9.64. The molecule has 0 aliphatic rings. The van der Waals surface area contributed by atoms with Crippen molar-refractivity contribution < 1.29 is 14.7 Å². The van der Waals surface area contributed by atoms with E-state index in [1.807, 2.05) is 24.3 Å². The van der Waals surface area contributed by atoms with Gasteiger partial charge in [-0.1, -0.05) is 29.8 Å². The lowest BCUT2D eigenvalue weighted by Crippen LogP contribution is -2.27. The number of aliphatic carboxylic acids is 1. The Morgan fingerprint density at radius 2 is 1.96 bits per heavy atom. The first kappa shape index (κ1) is 19.3. The smallest absolute Gasteiger partial charge is 0.352 e. The first-order chi connectivity index (χ1) is 12.9. The molecule has 3 rings (SSSR count). The summed E-state index contributed by atoms with van der Waals surface area (Å²) in [6.07, 6.45) is 4.31. The second kappa shape index (κ2) is 8.47. The highest BCUT2D eigenvalue weighted by molar-refractivity contribution is 9.10. The van der Waals surface area contributed by atoms with Gasteiger partial charge >= 0.3 is 5.97 Å². The van der Waals surface area contributed by atoms with Crippen molar-refractivity contribution in [3.63, 3.8) is 0 Å². The number of aromatic nitrogens is 1. The van der Waals surface area contributed by atoms with Crippen LogP contribution < -0.4 is 5.32 Å². The molecule has 2 heterocycles. The van der Waals surface area contributed by atoms with Crippen molar-refractivity contribution in [2.24, 2.45) is 0 Å². The van der Waals surface area contributed by atoms with Gasteiger partial charge in [-0.25, -0.2) is 4.79 Å². The van der Waals surface area contributed by atoms with E-state index in [2.05, 4.69) is 26.2 Å². The van der Waals surface area contributed by atoms with E-state index < -0.39 is 11.9 Å². The Balaban J connectivity index is 1.85. The molecule has 1 amide bonds. The summed E-state index contributed by atoms with van der Waals surface area (Å²) in [5.41, 5.74) is 0.886. The van der Waals surface area contributed by atoms with Crippen LogP contribution >= 0.6 is 38.9 Å². The Bertz CT molecular complexity index is 1050. The highest BCUT2D eigenvalue weighted by Crippen LogP contribution is 2.33. The number of thiophene rings is 1. The van der Waals surface area contributed by atoms with Crippen LogP contribution in [0.4, 0.5) is 0 Å². The molecule has 0 atom stereocenters. The zero-order valence-electron chi connectivity index (χ0n) is 13.6. The van der Waals surface area contributed by atoms with Crippen molar-refractivity contribution in [2.75, 3.05) is 0 Å². The summed E-state index contributed by atoms with van der Waals surface area (Å²) in [7, 11) is 0. The molecular weight excluding hydrogens is 452 g/mol. The van der Waals surface area contributed by atoms with Gasteiger partial charge in [0.25, 0.3) is 5.91 Å². The number of nitrogens with one attached hydrogen (secondary N) is 1. The van der Waals surface area contributed by atoms with Crippen LogP contribution in [0.15, 0.2) is 65.0 Å². The molecule has 136 valence electrons. The van der Waals surface area contributed by atoms with Gasteiger partial charge in [-0.3, -0.25) is 9.78 Å². The molecule has 8 heteroatoms. The zero-order valence-corrected chi connectivity index (χ0v) is 16.8. The highest BCUT2D eigenvalue weighted by atomic mass is 79.9. The minimum Gasteiger partial charge on any atom is -0.477 e. The molecule has 2 aromatic heterocycles. The van der Waals surface area contributed by atoms with Crippen molar-refractivity contribution in [1.29, 1.82) is 0 Å². The minimum absolute atomic E-state index is 0.229. The zero-order chi connectivity index (χ0) is 19.4. The molecule has 2 N–H and O–H groups in total. The summed E-state index contributed by atoms with van der Waals surface area (Å²) >= 11 is 10.8. The standard InChI is InChI=1S/C19H12BrClN2O3S/c20-12-7-11(9-22-10-12)18(24)23-16(19(25)26)8-13-5-6-17(27-13)14-3-1-2-4-15(14)21/h1-10H,(H,23,24)(H,25,26)/b16-8+. The lowest BCUT2D eigenvalue weighted by molar-refractivity contribution is -0.132. The van der Waals surface area contributed by atoms with Crippen LogP contribution in [-0.2, 0) is 4.79 Å². The summed E-state index contributed by atoms with van der Waals surface area (Å²) in [5.74, 6) is -1.79. The fraction of sp³-hybridized carbons (Fsp3) is 0. The average Bonchev–Trinajstić information content (AvgIpc) is 3.09. The van der Waals surface area contributed by atoms with Gasteiger partial charge in [0.1, 0.15) is 5.70 Å². The van der Waals surface area contributed by atoms with Crippen LogP contribution in [0.5, 0.6) is 0 Å². The van der Waals surface area contributed by atoms with Crippen LogP contribution in [0.2, 0.25) is 5.02 Å². The van der Waals surface area contributed by atoms with Gasteiger partial charge < -0.3 is 10.4 Å². The molecule has 0 radical (unpaired) electrons. The number of carboxylic acids is 1. The molecule has 0 aliphatic carbocycles. The number of hydrogen-bond acceptors (Lipinski definition) is 4. The Kier molecular flexibility index (Phi) is 6.05. The van der Waals surface area contributed by atoms with Crippen molar-refractivity contribution in [1.82, 2.24) is 10.3 Å². The molecule has 0 bridgehead atoms. The Labute approximate surface area is 172 Å². The third-order valence-corrected chi connectivity index (χ3v) is 5.33.